The van der Waals surface area contributed by atoms with Gasteiger partial charge in [-0.3, -0.25) is 9.67 Å². The van der Waals surface area contributed by atoms with Gasteiger partial charge in [-0.15, -0.1) is 0 Å². The van der Waals surface area contributed by atoms with E-state index < -0.39 is 0 Å². The second-order valence-corrected chi connectivity index (χ2v) is 5.52. The van der Waals surface area contributed by atoms with E-state index in [-0.39, 0.29) is 6.04 Å². The Morgan fingerprint density at radius 1 is 1.40 bits per heavy atom. The van der Waals surface area contributed by atoms with Crippen molar-refractivity contribution in [3.8, 4) is 0 Å². The summed E-state index contributed by atoms with van der Waals surface area (Å²) in [5, 5.41) is 4.93. The normalized spacial score (nSPS) is 12.9. The summed E-state index contributed by atoms with van der Waals surface area (Å²) in [6.07, 6.45) is 5.21. The molecule has 0 spiro atoms. The summed E-state index contributed by atoms with van der Waals surface area (Å²) in [6, 6.07) is 1.63. The average Bonchev–Trinajstić information content (AvgIpc) is 2.77. The number of hydrogen-bond acceptors (Lipinski definition) is 4. The molecule has 6 heteroatoms. The minimum absolute atomic E-state index is 0.296. The predicted octanol–water partition coefficient (Wildman–Crippen LogP) is 1.85. The molecule has 1 unspecified atom stereocenters. The molecule has 0 saturated carbocycles. The molecule has 0 aliphatic carbocycles. The third kappa shape index (κ3) is 3.17. The van der Waals surface area contributed by atoms with E-state index >= 15 is 0 Å². The molecule has 5 nitrogen and oxygen atoms in total. The molecule has 0 radical (unpaired) electrons. The lowest BCUT2D eigenvalue weighted by Crippen LogP contribution is -2.24. The SMILES string of the molecule is Cc1cnccc1C(N)c1c(Cl)cnn1CCN(C)C. The molecule has 108 valence electrons. The summed E-state index contributed by atoms with van der Waals surface area (Å²) < 4.78 is 1.88. The Morgan fingerprint density at radius 2 is 2.15 bits per heavy atom. The van der Waals surface area contributed by atoms with E-state index in [1.165, 1.54) is 0 Å². The number of nitrogens with zero attached hydrogens (tertiary/aromatic N) is 4. The second-order valence-electron chi connectivity index (χ2n) is 5.11. The van der Waals surface area contributed by atoms with Gasteiger partial charge in [0.15, 0.2) is 0 Å². The Morgan fingerprint density at radius 3 is 2.80 bits per heavy atom. The molecular formula is C14H20ClN5. The molecule has 0 saturated heterocycles. The van der Waals surface area contributed by atoms with Gasteiger partial charge in [0.25, 0.3) is 0 Å². The van der Waals surface area contributed by atoms with Crippen molar-refractivity contribution in [1.29, 1.82) is 0 Å². The highest BCUT2D eigenvalue weighted by molar-refractivity contribution is 6.31. The van der Waals surface area contributed by atoms with E-state index in [9.17, 15) is 0 Å². The van der Waals surface area contributed by atoms with Crippen molar-refractivity contribution in [1.82, 2.24) is 19.7 Å². The van der Waals surface area contributed by atoms with Crippen LogP contribution in [0.25, 0.3) is 0 Å². The molecule has 2 heterocycles. The summed E-state index contributed by atoms with van der Waals surface area (Å²) >= 11 is 6.26. The number of hydrogen-bond donors (Lipinski definition) is 1. The maximum Gasteiger partial charge on any atom is 0.0837 e. The molecule has 1 atom stereocenters. The zero-order valence-electron chi connectivity index (χ0n) is 12.0. The minimum atomic E-state index is -0.296. The van der Waals surface area contributed by atoms with Crippen LogP contribution in [0.2, 0.25) is 5.02 Å². The zero-order chi connectivity index (χ0) is 14.7. The van der Waals surface area contributed by atoms with Crippen LogP contribution in [-0.2, 0) is 6.54 Å². The van der Waals surface area contributed by atoms with Crippen molar-refractivity contribution in [2.45, 2.75) is 19.5 Å². The maximum atomic E-state index is 6.38. The van der Waals surface area contributed by atoms with Gasteiger partial charge < -0.3 is 10.6 Å². The molecule has 2 aromatic heterocycles. The lowest BCUT2D eigenvalue weighted by atomic mass is 10.0. The van der Waals surface area contributed by atoms with Crippen LogP contribution < -0.4 is 5.73 Å². The Kier molecular flexibility index (Phi) is 4.75. The van der Waals surface area contributed by atoms with Crippen LogP contribution >= 0.6 is 11.6 Å². The van der Waals surface area contributed by atoms with Crippen LogP contribution in [0.1, 0.15) is 22.9 Å². The molecule has 2 aromatic rings. The number of pyridine rings is 1. The average molecular weight is 294 g/mol. The molecule has 0 aromatic carbocycles. The summed E-state index contributed by atoms with van der Waals surface area (Å²) in [5.41, 5.74) is 9.31. The minimum Gasteiger partial charge on any atom is -0.319 e. The molecule has 0 aliphatic heterocycles. The largest absolute Gasteiger partial charge is 0.319 e. The Hall–Kier alpha value is -1.43. The highest BCUT2D eigenvalue weighted by Gasteiger charge is 2.20. The van der Waals surface area contributed by atoms with Gasteiger partial charge in [-0.25, -0.2) is 0 Å². The van der Waals surface area contributed by atoms with E-state index in [1.54, 1.807) is 12.4 Å². The van der Waals surface area contributed by atoms with Gasteiger partial charge in [0.2, 0.25) is 0 Å². The van der Waals surface area contributed by atoms with Crippen molar-refractivity contribution >= 4 is 11.6 Å². The number of nitrogens with two attached hydrogens (primary N) is 1. The quantitative estimate of drug-likeness (QED) is 0.914. The lowest BCUT2D eigenvalue weighted by Gasteiger charge is -2.18. The van der Waals surface area contributed by atoms with Gasteiger partial charge in [-0.05, 0) is 38.2 Å². The van der Waals surface area contributed by atoms with E-state index in [0.717, 1.165) is 29.9 Å². The van der Waals surface area contributed by atoms with Crippen LogP contribution in [0, 0.1) is 6.92 Å². The Bertz CT molecular complexity index is 579. The highest BCUT2D eigenvalue weighted by Crippen LogP contribution is 2.27. The number of aryl methyl sites for hydroxylation is 1. The molecule has 0 amide bonds. The summed E-state index contributed by atoms with van der Waals surface area (Å²) in [7, 11) is 4.05. The fourth-order valence-electron chi connectivity index (χ4n) is 2.13. The zero-order valence-corrected chi connectivity index (χ0v) is 12.8. The Balaban J connectivity index is 2.32. The van der Waals surface area contributed by atoms with E-state index in [2.05, 4.69) is 15.0 Å². The summed E-state index contributed by atoms with van der Waals surface area (Å²) in [4.78, 5) is 6.20. The first-order chi connectivity index (χ1) is 9.50. The topological polar surface area (TPSA) is 60.0 Å². The molecule has 20 heavy (non-hydrogen) atoms. The van der Waals surface area contributed by atoms with Gasteiger partial charge in [-0.1, -0.05) is 11.6 Å². The number of halogens is 1. The van der Waals surface area contributed by atoms with Crippen LogP contribution in [0.5, 0.6) is 0 Å². The fourth-order valence-corrected chi connectivity index (χ4v) is 2.39. The smallest absolute Gasteiger partial charge is 0.0837 e. The fraction of sp³-hybridized carbons (Fsp3) is 0.429. The highest BCUT2D eigenvalue weighted by atomic mass is 35.5. The Labute approximate surface area is 124 Å². The lowest BCUT2D eigenvalue weighted by molar-refractivity contribution is 0.368. The molecule has 0 fully saturated rings. The summed E-state index contributed by atoms with van der Waals surface area (Å²) in [5.74, 6) is 0. The first-order valence-electron chi connectivity index (χ1n) is 6.52. The van der Waals surface area contributed by atoms with E-state index in [0.29, 0.717) is 5.02 Å². The second kappa shape index (κ2) is 6.35. The van der Waals surface area contributed by atoms with Crippen molar-refractivity contribution in [2.24, 2.45) is 5.73 Å². The molecule has 2 rings (SSSR count). The third-order valence-electron chi connectivity index (χ3n) is 3.29. The standard InChI is InChI=1S/C14H20ClN5/c1-10-8-17-5-4-11(10)13(16)14-12(15)9-18-20(14)7-6-19(2)3/h4-5,8-9,13H,6-7,16H2,1-3H3. The van der Waals surface area contributed by atoms with Crippen molar-refractivity contribution in [2.75, 3.05) is 20.6 Å². The maximum absolute atomic E-state index is 6.38. The van der Waals surface area contributed by atoms with Crippen molar-refractivity contribution in [3.63, 3.8) is 0 Å². The monoisotopic (exact) mass is 293 g/mol. The van der Waals surface area contributed by atoms with Gasteiger partial charge in [-0.2, -0.15) is 5.10 Å². The summed E-state index contributed by atoms with van der Waals surface area (Å²) in [6.45, 7) is 3.64. The van der Waals surface area contributed by atoms with Crippen molar-refractivity contribution < 1.29 is 0 Å². The molecular weight excluding hydrogens is 274 g/mol. The van der Waals surface area contributed by atoms with Crippen LogP contribution in [0.3, 0.4) is 0 Å². The molecule has 0 bridgehead atoms. The van der Waals surface area contributed by atoms with Gasteiger partial charge >= 0.3 is 0 Å². The first kappa shape index (κ1) is 15.0. The number of rotatable bonds is 5. The van der Waals surface area contributed by atoms with Crippen LogP contribution in [-0.4, -0.2) is 40.3 Å². The van der Waals surface area contributed by atoms with E-state index in [1.807, 2.05) is 38.0 Å². The van der Waals surface area contributed by atoms with E-state index in [4.69, 9.17) is 17.3 Å². The van der Waals surface area contributed by atoms with Gasteiger partial charge in [0, 0.05) is 18.9 Å². The van der Waals surface area contributed by atoms with Crippen LogP contribution in [0.4, 0.5) is 0 Å². The first-order valence-corrected chi connectivity index (χ1v) is 6.90. The van der Waals surface area contributed by atoms with Gasteiger partial charge in [0.1, 0.15) is 0 Å². The number of likely N-dealkylation sites (N-methyl/N-ethyl adjacent to an activating group) is 1. The third-order valence-corrected chi connectivity index (χ3v) is 3.58. The molecule has 0 aliphatic rings. The molecule has 2 N–H and O–H groups in total. The predicted molar refractivity (Wildman–Crippen MR) is 80.8 cm³/mol. The van der Waals surface area contributed by atoms with Crippen LogP contribution in [0.15, 0.2) is 24.7 Å². The van der Waals surface area contributed by atoms with Crippen molar-refractivity contribution in [3.05, 3.63) is 46.5 Å². The number of aromatic nitrogens is 3. The van der Waals surface area contributed by atoms with Gasteiger partial charge in [0.05, 0.1) is 29.5 Å².